The molecule has 1 amide bonds. The third-order valence-electron chi connectivity index (χ3n) is 2.93. The maximum absolute atomic E-state index is 11.5. The highest BCUT2D eigenvalue weighted by atomic mass is 35.5. The van der Waals surface area contributed by atoms with E-state index in [1.807, 2.05) is 30.0 Å². The van der Waals surface area contributed by atoms with Gasteiger partial charge >= 0.3 is 0 Å². The van der Waals surface area contributed by atoms with Crippen LogP contribution in [0.2, 0.25) is 5.02 Å². The molecular formula is C14H22ClN3O. The minimum atomic E-state index is -0.0188. The first-order chi connectivity index (χ1) is 9.12. The molecule has 0 radical (unpaired) electrons. The summed E-state index contributed by atoms with van der Waals surface area (Å²) in [6.07, 6.45) is 0. The summed E-state index contributed by atoms with van der Waals surface area (Å²) in [5, 5.41) is 6.57. The molecule has 1 rings (SSSR count). The summed E-state index contributed by atoms with van der Waals surface area (Å²) in [6, 6.07) is 5.96. The second-order valence-electron chi connectivity index (χ2n) is 4.25. The average Bonchev–Trinajstić information content (AvgIpc) is 2.42. The summed E-state index contributed by atoms with van der Waals surface area (Å²) in [6.45, 7) is 6.86. The fourth-order valence-electron chi connectivity index (χ4n) is 1.81. The Labute approximate surface area is 120 Å². The monoisotopic (exact) mass is 283 g/mol. The van der Waals surface area contributed by atoms with Gasteiger partial charge in [0.05, 0.1) is 17.3 Å². The molecule has 0 bridgehead atoms. The first kappa shape index (κ1) is 15.8. The number of hydrogen-bond donors (Lipinski definition) is 2. The molecule has 4 nitrogen and oxygen atoms in total. The Balaban J connectivity index is 2.83. The molecule has 19 heavy (non-hydrogen) atoms. The van der Waals surface area contributed by atoms with E-state index in [0.717, 1.165) is 30.9 Å². The van der Waals surface area contributed by atoms with Crippen molar-refractivity contribution < 1.29 is 4.79 Å². The second-order valence-corrected chi connectivity index (χ2v) is 4.66. The summed E-state index contributed by atoms with van der Waals surface area (Å²) in [5.74, 6) is -0.0188. The van der Waals surface area contributed by atoms with E-state index < -0.39 is 0 Å². The molecule has 2 N–H and O–H groups in total. The van der Waals surface area contributed by atoms with Gasteiger partial charge in [-0.15, -0.1) is 0 Å². The van der Waals surface area contributed by atoms with E-state index in [0.29, 0.717) is 11.6 Å². The average molecular weight is 284 g/mol. The van der Waals surface area contributed by atoms with Crippen LogP contribution in [0.15, 0.2) is 18.2 Å². The Bertz CT molecular complexity index is 423. The molecule has 1 aromatic rings. The van der Waals surface area contributed by atoms with Crippen LogP contribution in [-0.4, -0.2) is 32.6 Å². The summed E-state index contributed by atoms with van der Waals surface area (Å²) in [5.41, 5.74) is 2.04. The maximum atomic E-state index is 11.5. The molecule has 0 aliphatic rings. The molecule has 0 saturated carbocycles. The number of benzene rings is 1. The van der Waals surface area contributed by atoms with E-state index in [1.54, 1.807) is 7.05 Å². The lowest BCUT2D eigenvalue weighted by Crippen LogP contribution is -2.35. The predicted octanol–water partition coefficient (Wildman–Crippen LogP) is 2.02. The number of hydrogen-bond acceptors (Lipinski definition) is 3. The fourth-order valence-corrected chi connectivity index (χ4v) is 2.13. The van der Waals surface area contributed by atoms with Crippen LogP contribution >= 0.6 is 11.6 Å². The molecule has 0 fully saturated rings. The van der Waals surface area contributed by atoms with Crippen LogP contribution in [0.3, 0.4) is 0 Å². The number of nitrogens with zero attached hydrogens (tertiary/aromatic N) is 1. The van der Waals surface area contributed by atoms with Crippen LogP contribution in [-0.2, 0) is 11.3 Å². The van der Waals surface area contributed by atoms with Crippen LogP contribution in [0.1, 0.15) is 19.4 Å². The van der Waals surface area contributed by atoms with Crippen molar-refractivity contribution in [2.45, 2.75) is 20.4 Å². The predicted molar refractivity (Wildman–Crippen MR) is 80.8 cm³/mol. The SMILES string of the molecule is CCNCc1ccc(N(CC)CC(=O)NC)c(Cl)c1. The smallest absolute Gasteiger partial charge is 0.239 e. The van der Waals surface area contributed by atoms with Gasteiger partial charge in [0.2, 0.25) is 5.91 Å². The normalized spacial score (nSPS) is 10.3. The molecular weight excluding hydrogens is 262 g/mol. The van der Waals surface area contributed by atoms with Crippen molar-refractivity contribution in [2.75, 3.05) is 31.6 Å². The largest absolute Gasteiger partial charge is 0.361 e. The van der Waals surface area contributed by atoms with Gasteiger partial charge in [0.1, 0.15) is 0 Å². The molecule has 106 valence electrons. The van der Waals surface area contributed by atoms with Gasteiger partial charge in [0.25, 0.3) is 0 Å². The van der Waals surface area contributed by atoms with Crippen molar-refractivity contribution in [1.29, 1.82) is 0 Å². The number of carbonyl (C=O) groups excluding carboxylic acids is 1. The zero-order chi connectivity index (χ0) is 14.3. The zero-order valence-electron chi connectivity index (χ0n) is 11.8. The molecule has 0 atom stereocenters. The Morgan fingerprint density at radius 1 is 1.37 bits per heavy atom. The topological polar surface area (TPSA) is 44.4 Å². The quantitative estimate of drug-likeness (QED) is 0.805. The highest BCUT2D eigenvalue weighted by Gasteiger charge is 2.12. The number of likely N-dealkylation sites (N-methyl/N-ethyl adjacent to an activating group) is 2. The van der Waals surface area contributed by atoms with Crippen molar-refractivity contribution in [3.63, 3.8) is 0 Å². The molecule has 0 aromatic heterocycles. The third kappa shape index (κ3) is 4.73. The van der Waals surface area contributed by atoms with E-state index in [2.05, 4.69) is 17.6 Å². The third-order valence-corrected chi connectivity index (χ3v) is 3.23. The van der Waals surface area contributed by atoms with Crippen molar-refractivity contribution >= 4 is 23.2 Å². The first-order valence-corrected chi connectivity index (χ1v) is 6.94. The summed E-state index contributed by atoms with van der Waals surface area (Å²) in [4.78, 5) is 13.4. The van der Waals surface area contributed by atoms with Crippen LogP contribution in [0.4, 0.5) is 5.69 Å². The van der Waals surface area contributed by atoms with Gasteiger partial charge in [-0.25, -0.2) is 0 Å². The highest BCUT2D eigenvalue weighted by Crippen LogP contribution is 2.26. The molecule has 1 aromatic carbocycles. The Kier molecular flexibility index (Phi) is 6.67. The highest BCUT2D eigenvalue weighted by molar-refractivity contribution is 6.33. The van der Waals surface area contributed by atoms with Crippen LogP contribution in [0, 0.1) is 0 Å². The first-order valence-electron chi connectivity index (χ1n) is 6.57. The number of carbonyl (C=O) groups is 1. The minimum absolute atomic E-state index is 0.0188. The van der Waals surface area contributed by atoms with Gasteiger partial charge in [0.15, 0.2) is 0 Å². The molecule has 5 heteroatoms. The van der Waals surface area contributed by atoms with Gasteiger partial charge in [-0.3, -0.25) is 4.79 Å². The lowest BCUT2D eigenvalue weighted by atomic mass is 10.2. The fraction of sp³-hybridized carbons (Fsp3) is 0.500. The van der Waals surface area contributed by atoms with Crippen molar-refractivity contribution in [1.82, 2.24) is 10.6 Å². The number of nitrogens with one attached hydrogen (secondary N) is 2. The Morgan fingerprint density at radius 2 is 2.11 bits per heavy atom. The van der Waals surface area contributed by atoms with E-state index >= 15 is 0 Å². The van der Waals surface area contributed by atoms with Crippen LogP contribution in [0.25, 0.3) is 0 Å². The summed E-state index contributed by atoms with van der Waals surface area (Å²) in [7, 11) is 1.64. The van der Waals surface area contributed by atoms with E-state index in [-0.39, 0.29) is 5.91 Å². The molecule has 0 spiro atoms. The van der Waals surface area contributed by atoms with Crippen molar-refractivity contribution in [2.24, 2.45) is 0 Å². The standard InChI is InChI=1S/C14H22ClN3O/c1-4-17-9-11-6-7-13(12(15)8-11)18(5-2)10-14(19)16-3/h6-8,17H,4-5,9-10H2,1-3H3,(H,16,19). The van der Waals surface area contributed by atoms with E-state index in [4.69, 9.17) is 11.6 Å². The van der Waals surface area contributed by atoms with Gasteiger partial charge < -0.3 is 15.5 Å². The summed E-state index contributed by atoms with van der Waals surface area (Å²) >= 11 is 6.31. The molecule has 0 saturated heterocycles. The minimum Gasteiger partial charge on any atom is -0.361 e. The number of amides is 1. The molecule has 0 heterocycles. The van der Waals surface area contributed by atoms with E-state index in [1.165, 1.54) is 0 Å². The van der Waals surface area contributed by atoms with Gasteiger partial charge in [-0.1, -0.05) is 24.6 Å². The summed E-state index contributed by atoms with van der Waals surface area (Å²) < 4.78 is 0. The van der Waals surface area contributed by atoms with Gasteiger partial charge in [-0.2, -0.15) is 0 Å². The van der Waals surface area contributed by atoms with Gasteiger partial charge in [-0.05, 0) is 31.2 Å². The lowest BCUT2D eigenvalue weighted by molar-refractivity contribution is -0.119. The van der Waals surface area contributed by atoms with Crippen LogP contribution < -0.4 is 15.5 Å². The van der Waals surface area contributed by atoms with Crippen molar-refractivity contribution in [3.05, 3.63) is 28.8 Å². The van der Waals surface area contributed by atoms with Crippen LogP contribution in [0.5, 0.6) is 0 Å². The molecule has 0 aliphatic heterocycles. The van der Waals surface area contributed by atoms with Crippen molar-refractivity contribution in [3.8, 4) is 0 Å². The maximum Gasteiger partial charge on any atom is 0.239 e. The Hall–Kier alpha value is -1.26. The Morgan fingerprint density at radius 3 is 2.63 bits per heavy atom. The zero-order valence-corrected chi connectivity index (χ0v) is 12.5. The number of rotatable bonds is 7. The molecule has 0 aliphatic carbocycles. The number of halogens is 1. The second kappa shape index (κ2) is 8.02. The molecule has 0 unspecified atom stereocenters. The van der Waals surface area contributed by atoms with E-state index in [9.17, 15) is 4.79 Å². The lowest BCUT2D eigenvalue weighted by Gasteiger charge is -2.23. The number of anilines is 1. The van der Waals surface area contributed by atoms with Gasteiger partial charge in [0, 0.05) is 20.1 Å².